The Bertz CT molecular complexity index is 1530. The van der Waals surface area contributed by atoms with E-state index in [1.54, 1.807) is 26.1 Å². The number of hydrogen-bond acceptors (Lipinski definition) is 9. The van der Waals surface area contributed by atoms with Crippen LogP contribution >= 0.6 is 0 Å². The molecule has 3 heterocycles. The third kappa shape index (κ3) is 8.32. The Kier molecular flexibility index (Phi) is 10.7. The predicted octanol–water partition coefficient (Wildman–Crippen LogP) is 6.51. The van der Waals surface area contributed by atoms with Crippen LogP contribution in [0.5, 0.6) is 5.88 Å². The Morgan fingerprint density at radius 1 is 1.21 bits per heavy atom. The Labute approximate surface area is 280 Å². The van der Waals surface area contributed by atoms with Crippen molar-refractivity contribution in [3.8, 4) is 18.2 Å². The summed E-state index contributed by atoms with van der Waals surface area (Å²) < 4.78 is 50.8. The van der Waals surface area contributed by atoms with Crippen LogP contribution in [0, 0.1) is 17.8 Å². The van der Waals surface area contributed by atoms with Crippen molar-refractivity contribution in [2.75, 3.05) is 41.9 Å². The second kappa shape index (κ2) is 14.6. The van der Waals surface area contributed by atoms with E-state index >= 15 is 0 Å². The van der Waals surface area contributed by atoms with E-state index in [4.69, 9.17) is 16.1 Å². The first-order valence-corrected chi connectivity index (χ1v) is 16.8. The number of alkyl halides is 3. The van der Waals surface area contributed by atoms with E-state index in [1.165, 1.54) is 17.1 Å². The molecule has 0 bridgehead atoms. The molecule has 1 saturated carbocycles. The molecule has 260 valence electrons. The summed E-state index contributed by atoms with van der Waals surface area (Å²) in [6.45, 7) is 7.31. The third-order valence-electron chi connectivity index (χ3n) is 9.83. The van der Waals surface area contributed by atoms with Gasteiger partial charge >= 0.3 is 12.1 Å². The van der Waals surface area contributed by atoms with Crippen LogP contribution in [0.4, 0.5) is 30.6 Å². The summed E-state index contributed by atoms with van der Waals surface area (Å²) in [5.74, 6) is 2.13. The summed E-state index contributed by atoms with van der Waals surface area (Å²) >= 11 is 0. The van der Waals surface area contributed by atoms with E-state index in [2.05, 4.69) is 26.6 Å². The summed E-state index contributed by atoms with van der Waals surface area (Å²) in [6.07, 6.45) is 5.46. The van der Waals surface area contributed by atoms with E-state index in [-0.39, 0.29) is 40.5 Å². The number of aliphatic carboxylic acids is 1. The zero-order valence-corrected chi connectivity index (χ0v) is 28.1. The molecule has 2 saturated heterocycles. The number of aromatic nitrogens is 2. The molecule has 1 aliphatic carbocycles. The predicted molar refractivity (Wildman–Crippen MR) is 181 cm³/mol. The number of anilines is 3. The lowest BCUT2D eigenvalue weighted by atomic mass is 9.76. The first kappa shape index (κ1) is 35.3. The topological polar surface area (TPSA) is 115 Å². The molecule has 2 aliphatic heterocycles. The smallest absolute Gasteiger partial charge is 0.429 e. The molecule has 3 fully saturated rings. The highest BCUT2D eigenvalue weighted by Gasteiger charge is 2.46. The van der Waals surface area contributed by atoms with Gasteiger partial charge in [0.2, 0.25) is 17.9 Å². The maximum absolute atomic E-state index is 15.0. The fourth-order valence-electron chi connectivity index (χ4n) is 6.97. The van der Waals surface area contributed by atoms with Gasteiger partial charge in [-0.25, -0.2) is 0 Å². The van der Waals surface area contributed by atoms with Crippen molar-refractivity contribution in [2.45, 2.75) is 102 Å². The Morgan fingerprint density at radius 3 is 2.52 bits per heavy atom. The van der Waals surface area contributed by atoms with Crippen molar-refractivity contribution in [2.24, 2.45) is 10.5 Å². The molecular weight excluding hydrogens is 623 g/mol. The lowest BCUT2D eigenvalue weighted by Crippen LogP contribution is -2.41. The Hall–Kier alpha value is -4.05. The summed E-state index contributed by atoms with van der Waals surface area (Å²) in [4.78, 5) is 22.8. The maximum atomic E-state index is 15.0. The van der Waals surface area contributed by atoms with Gasteiger partial charge < -0.3 is 25.4 Å². The molecular formula is C35H46F3N7O3. The first-order valence-electron chi connectivity index (χ1n) is 16.8. The fraction of sp³-hybridized carbons (Fsp3) is 0.600. The minimum atomic E-state index is -4.80. The molecule has 0 radical (unpaired) electrons. The lowest BCUT2D eigenvalue weighted by Gasteiger charge is -2.39. The number of rotatable bonds is 10. The van der Waals surface area contributed by atoms with Gasteiger partial charge in [0.05, 0.1) is 5.69 Å². The molecule has 1 aromatic heterocycles. The molecule has 1 spiro atoms. The number of ether oxygens (including phenoxy) is 1. The van der Waals surface area contributed by atoms with Crippen molar-refractivity contribution in [1.29, 1.82) is 0 Å². The summed E-state index contributed by atoms with van der Waals surface area (Å²) in [7, 11) is 1.56. The number of carbonyl (C=O) groups is 1. The number of piperidine rings is 1. The van der Waals surface area contributed by atoms with E-state index < -0.39 is 24.3 Å². The van der Waals surface area contributed by atoms with E-state index in [1.807, 2.05) is 18.7 Å². The number of nitrogens with zero attached hydrogens (tertiary/aromatic N) is 5. The number of halogens is 3. The lowest BCUT2D eigenvalue weighted by molar-refractivity contribution is -0.198. The molecule has 3 aliphatic rings. The van der Waals surface area contributed by atoms with Gasteiger partial charge in [-0.3, -0.25) is 9.80 Å². The highest BCUT2D eigenvalue weighted by Crippen LogP contribution is 2.43. The summed E-state index contributed by atoms with van der Waals surface area (Å²) in [5.41, 5.74) is 1.12. The average molecular weight is 670 g/mol. The largest absolute Gasteiger partial charge is 0.480 e. The standard InChI is InChI=1S/C35H46F3N7O3/c1-6-23(4)43-44(5)28-18-24(22(2)3)12-13-26(28)31(35(36,37)38)48-30-19-29(41-33(42-30)40-25-10-8-7-9-11-25)45-16-14-34(15-17-45)20-27(32(46)47)39-21-34/h1,12-13,18-19,22,25,27,31,39H,7-11,14-17,20-21H2,2-5H3,(H,46,47)(H,40,41,42). The monoisotopic (exact) mass is 669 g/mol. The quantitative estimate of drug-likeness (QED) is 0.148. The molecule has 13 heteroatoms. The van der Waals surface area contributed by atoms with Crippen LogP contribution in [0.2, 0.25) is 0 Å². The molecule has 5 rings (SSSR count). The van der Waals surface area contributed by atoms with Gasteiger partial charge in [-0.15, -0.1) is 6.42 Å². The number of nitrogens with one attached hydrogen (secondary N) is 2. The molecule has 10 nitrogen and oxygen atoms in total. The van der Waals surface area contributed by atoms with Crippen molar-refractivity contribution in [3.63, 3.8) is 0 Å². The molecule has 1 aromatic carbocycles. The van der Waals surface area contributed by atoms with Crippen molar-refractivity contribution < 1.29 is 27.8 Å². The molecule has 48 heavy (non-hydrogen) atoms. The molecule has 0 amide bonds. The van der Waals surface area contributed by atoms with Crippen molar-refractivity contribution in [3.05, 3.63) is 35.4 Å². The van der Waals surface area contributed by atoms with Crippen LogP contribution in [0.3, 0.4) is 0 Å². The van der Waals surface area contributed by atoms with Crippen molar-refractivity contribution in [1.82, 2.24) is 15.3 Å². The average Bonchev–Trinajstić information content (AvgIpc) is 3.47. The van der Waals surface area contributed by atoms with Gasteiger partial charge in [0, 0.05) is 44.4 Å². The summed E-state index contributed by atoms with van der Waals surface area (Å²) in [6, 6.07) is 5.82. The molecule has 2 aromatic rings. The highest BCUT2D eigenvalue weighted by molar-refractivity contribution is 5.98. The zero-order chi connectivity index (χ0) is 34.6. The molecule has 3 N–H and O–H groups in total. The number of benzene rings is 1. The minimum absolute atomic E-state index is 0.0608. The summed E-state index contributed by atoms with van der Waals surface area (Å²) in [5, 5.41) is 21.6. The van der Waals surface area contributed by atoms with Gasteiger partial charge in [0.25, 0.3) is 0 Å². The SMILES string of the molecule is C#CC(C)=NN(C)c1cc(C(C)C)ccc1C(Oc1cc(N2CCC3(CC2)CNC(C(=O)O)C3)nc(NC2CCCCC2)n1)C(F)(F)F. The van der Waals surface area contributed by atoms with Crippen LogP contribution in [0.15, 0.2) is 29.4 Å². The first-order chi connectivity index (χ1) is 22.8. The Balaban J connectivity index is 1.49. The second-order valence-electron chi connectivity index (χ2n) is 13.7. The molecule has 2 unspecified atom stereocenters. The normalized spacial score (nSPS) is 20.9. The van der Waals surface area contributed by atoms with Crippen LogP contribution in [0.25, 0.3) is 0 Å². The van der Waals surface area contributed by atoms with Crippen LogP contribution in [0.1, 0.15) is 95.3 Å². The van der Waals surface area contributed by atoms with Crippen molar-refractivity contribution >= 4 is 29.1 Å². The van der Waals surface area contributed by atoms with Crippen LogP contribution in [-0.2, 0) is 4.79 Å². The molecule has 2 atom stereocenters. The number of hydrazone groups is 1. The second-order valence-corrected chi connectivity index (χ2v) is 13.7. The van der Waals surface area contributed by atoms with E-state index in [0.717, 1.165) is 50.5 Å². The van der Waals surface area contributed by atoms with Gasteiger partial charge in [-0.2, -0.15) is 28.2 Å². The minimum Gasteiger partial charge on any atom is -0.480 e. The number of carboxylic acid groups (broad SMARTS) is 1. The third-order valence-corrected chi connectivity index (χ3v) is 9.83. The fourth-order valence-corrected chi connectivity index (χ4v) is 6.97. The van der Waals surface area contributed by atoms with Crippen LogP contribution < -0.4 is 25.3 Å². The maximum Gasteiger partial charge on any atom is 0.429 e. The van der Waals surface area contributed by atoms with E-state index in [9.17, 15) is 23.1 Å². The zero-order valence-electron chi connectivity index (χ0n) is 28.1. The number of hydrogen-bond donors (Lipinski definition) is 3. The highest BCUT2D eigenvalue weighted by atomic mass is 19.4. The van der Waals surface area contributed by atoms with E-state index in [0.29, 0.717) is 37.6 Å². The van der Waals surface area contributed by atoms with Gasteiger partial charge in [0.15, 0.2) is 0 Å². The van der Waals surface area contributed by atoms with Gasteiger partial charge in [0.1, 0.15) is 17.6 Å². The number of carboxylic acids is 1. The Morgan fingerprint density at radius 2 is 1.92 bits per heavy atom. The number of terminal acetylenes is 1. The van der Waals surface area contributed by atoms with Gasteiger partial charge in [-0.1, -0.05) is 51.2 Å². The van der Waals surface area contributed by atoms with Gasteiger partial charge in [-0.05, 0) is 62.0 Å². The van der Waals surface area contributed by atoms with Crippen LogP contribution in [-0.4, -0.2) is 71.7 Å².